The number of nitrogens with zero attached hydrogens (tertiary/aromatic N) is 1. The molecule has 0 heterocycles. The average molecular weight is 599 g/mol. The van der Waals surface area contributed by atoms with Crippen molar-refractivity contribution in [3.05, 3.63) is 86.3 Å². The number of aryl methyl sites for hydroxylation is 1. The first-order valence-electron chi connectivity index (χ1n) is 10.3. The molecule has 3 rings (SSSR count). The minimum absolute atomic E-state index is 0.139. The van der Waals surface area contributed by atoms with Gasteiger partial charge in [-0.05, 0) is 77.0 Å². The monoisotopic (exact) mass is 597 g/mol. The number of carbonyl (C=O) groups is 2. The van der Waals surface area contributed by atoms with Crippen LogP contribution in [-0.2, 0) is 9.59 Å². The van der Waals surface area contributed by atoms with E-state index in [0.717, 1.165) is 5.56 Å². The number of halogens is 2. The Morgan fingerprint density at radius 2 is 1.77 bits per heavy atom. The lowest BCUT2D eigenvalue weighted by Gasteiger charge is -2.13. The largest absolute Gasteiger partial charge is 0.497 e. The van der Waals surface area contributed by atoms with Crippen LogP contribution in [0.5, 0.6) is 11.5 Å². The van der Waals surface area contributed by atoms with E-state index in [1.54, 1.807) is 49.6 Å². The molecule has 178 valence electrons. The molecule has 0 saturated carbocycles. The first kappa shape index (κ1) is 26.0. The maximum atomic E-state index is 12.7. The van der Waals surface area contributed by atoms with Gasteiger partial charge in [0.2, 0.25) is 0 Å². The van der Waals surface area contributed by atoms with Gasteiger partial charge in [-0.25, -0.2) is 0 Å². The lowest BCUT2D eigenvalue weighted by Crippen LogP contribution is -2.21. The van der Waals surface area contributed by atoms with E-state index in [9.17, 15) is 14.9 Å². The van der Waals surface area contributed by atoms with Gasteiger partial charge in [0.1, 0.15) is 23.1 Å². The number of methoxy groups -OCH3 is 1. The Kier molecular flexibility index (Phi) is 9.06. The van der Waals surface area contributed by atoms with Crippen molar-refractivity contribution < 1.29 is 19.1 Å². The number of para-hydroxylation sites is 1. The summed E-state index contributed by atoms with van der Waals surface area (Å²) in [6.45, 7) is 1.63. The lowest BCUT2D eigenvalue weighted by molar-refractivity contribution is -0.118. The van der Waals surface area contributed by atoms with Gasteiger partial charge in [-0.3, -0.25) is 9.59 Å². The van der Waals surface area contributed by atoms with Crippen molar-refractivity contribution in [3.63, 3.8) is 0 Å². The number of rotatable bonds is 8. The fraction of sp³-hybridized carbons (Fsp3) is 0.115. The van der Waals surface area contributed by atoms with Crippen LogP contribution in [0.4, 0.5) is 11.4 Å². The molecule has 7 nitrogen and oxygen atoms in total. The Morgan fingerprint density at radius 1 is 1.06 bits per heavy atom. The van der Waals surface area contributed by atoms with Crippen LogP contribution in [0, 0.1) is 18.3 Å². The summed E-state index contributed by atoms with van der Waals surface area (Å²) in [4.78, 5) is 25.2. The van der Waals surface area contributed by atoms with Crippen molar-refractivity contribution in [2.24, 2.45) is 0 Å². The van der Waals surface area contributed by atoms with Crippen molar-refractivity contribution >= 4 is 61.1 Å². The Bertz CT molecular complexity index is 1320. The molecule has 0 fully saturated rings. The van der Waals surface area contributed by atoms with E-state index < -0.39 is 5.91 Å². The summed E-state index contributed by atoms with van der Waals surface area (Å²) in [6, 6.07) is 19.5. The molecular formula is C26H21Br2N3O4. The molecule has 9 heteroatoms. The molecule has 0 bridgehead atoms. The van der Waals surface area contributed by atoms with Gasteiger partial charge < -0.3 is 20.1 Å². The van der Waals surface area contributed by atoms with Crippen molar-refractivity contribution in [2.75, 3.05) is 24.4 Å². The van der Waals surface area contributed by atoms with Crippen LogP contribution in [0.25, 0.3) is 6.08 Å². The summed E-state index contributed by atoms with van der Waals surface area (Å²) in [5.41, 5.74) is 2.43. The summed E-state index contributed by atoms with van der Waals surface area (Å²) >= 11 is 6.84. The Hall–Kier alpha value is -3.61. The quantitative estimate of drug-likeness (QED) is 0.241. The zero-order valence-corrected chi connectivity index (χ0v) is 22.1. The third kappa shape index (κ3) is 7.18. The number of hydrogen-bond donors (Lipinski definition) is 2. The van der Waals surface area contributed by atoms with E-state index in [1.165, 1.54) is 6.08 Å². The van der Waals surface area contributed by atoms with E-state index in [4.69, 9.17) is 9.47 Å². The van der Waals surface area contributed by atoms with Crippen LogP contribution in [0.2, 0.25) is 0 Å². The molecule has 0 aliphatic heterocycles. The maximum Gasteiger partial charge on any atom is 0.266 e. The molecule has 0 aromatic heterocycles. The number of benzene rings is 3. The average Bonchev–Trinajstić information content (AvgIpc) is 2.83. The van der Waals surface area contributed by atoms with Crippen molar-refractivity contribution in [3.8, 4) is 17.6 Å². The van der Waals surface area contributed by atoms with Gasteiger partial charge in [0.05, 0.1) is 11.6 Å². The van der Waals surface area contributed by atoms with Gasteiger partial charge in [-0.2, -0.15) is 5.26 Å². The van der Waals surface area contributed by atoms with Crippen molar-refractivity contribution in [2.45, 2.75) is 6.92 Å². The highest BCUT2D eigenvalue weighted by Gasteiger charge is 2.16. The van der Waals surface area contributed by atoms with E-state index >= 15 is 0 Å². The third-order valence-electron chi connectivity index (χ3n) is 4.82. The van der Waals surface area contributed by atoms with Crippen LogP contribution < -0.4 is 20.1 Å². The van der Waals surface area contributed by atoms with E-state index in [1.807, 2.05) is 31.2 Å². The molecule has 3 aromatic carbocycles. The number of nitriles is 1. The van der Waals surface area contributed by atoms with Gasteiger partial charge in [-0.15, -0.1) is 0 Å². The highest BCUT2D eigenvalue weighted by atomic mass is 79.9. The third-order valence-corrected chi connectivity index (χ3v) is 5.86. The van der Waals surface area contributed by atoms with Crippen LogP contribution in [-0.4, -0.2) is 25.5 Å². The smallest absolute Gasteiger partial charge is 0.266 e. The second-order valence-corrected chi connectivity index (χ2v) is 9.08. The Labute approximate surface area is 220 Å². The number of carbonyl (C=O) groups excluding carboxylic acids is 2. The minimum Gasteiger partial charge on any atom is -0.497 e. The number of amides is 2. The van der Waals surface area contributed by atoms with E-state index in [-0.39, 0.29) is 18.1 Å². The van der Waals surface area contributed by atoms with Crippen LogP contribution >= 0.6 is 31.9 Å². The van der Waals surface area contributed by atoms with Crippen LogP contribution in [0.1, 0.15) is 11.1 Å². The molecule has 0 saturated heterocycles. The summed E-state index contributed by atoms with van der Waals surface area (Å²) in [7, 11) is 1.55. The van der Waals surface area contributed by atoms with Crippen LogP contribution in [0.3, 0.4) is 0 Å². The summed E-state index contributed by atoms with van der Waals surface area (Å²) in [5, 5.41) is 15.1. The normalized spacial score (nSPS) is 10.8. The number of hydrogen-bond acceptors (Lipinski definition) is 5. The summed E-state index contributed by atoms with van der Waals surface area (Å²) < 4.78 is 12.1. The maximum absolute atomic E-state index is 12.7. The topological polar surface area (TPSA) is 100 Å². The van der Waals surface area contributed by atoms with Crippen molar-refractivity contribution in [1.82, 2.24) is 0 Å². The molecule has 0 aliphatic carbocycles. The fourth-order valence-corrected chi connectivity index (χ4v) is 4.43. The molecular weight excluding hydrogens is 578 g/mol. The second kappa shape index (κ2) is 12.2. The summed E-state index contributed by atoms with van der Waals surface area (Å²) in [6.07, 6.45) is 1.41. The standard InChI is InChI=1S/C26H21Br2N3O4/c1-16-5-3-4-6-23(16)31-24(32)15-35-25-17(12-19(27)13-22(25)28)11-18(14-29)26(33)30-20-7-9-21(34-2)10-8-20/h3-13H,15H2,1-2H3,(H,30,33)(H,31,32)/b18-11-. The highest BCUT2D eigenvalue weighted by molar-refractivity contribution is 9.11. The number of nitrogens with one attached hydrogen (secondary N) is 2. The molecule has 0 atom stereocenters. The van der Waals surface area contributed by atoms with Crippen LogP contribution in [0.15, 0.2) is 75.2 Å². The molecule has 2 N–H and O–H groups in total. The van der Waals surface area contributed by atoms with E-state index in [2.05, 4.69) is 42.5 Å². The van der Waals surface area contributed by atoms with Crippen molar-refractivity contribution in [1.29, 1.82) is 5.26 Å². The predicted molar refractivity (Wildman–Crippen MR) is 142 cm³/mol. The molecule has 0 unspecified atom stereocenters. The molecule has 3 aromatic rings. The SMILES string of the molecule is COc1ccc(NC(=O)/C(C#N)=C\c2cc(Br)cc(Br)c2OCC(=O)Nc2ccccc2C)cc1. The van der Waals surface area contributed by atoms with Gasteiger partial charge in [0, 0.05) is 21.4 Å². The molecule has 0 aliphatic rings. The van der Waals surface area contributed by atoms with Gasteiger partial charge in [0.15, 0.2) is 6.61 Å². The summed E-state index contributed by atoms with van der Waals surface area (Å²) in [5.74, 6) is 0.0308. The highest BCUT2D eigenvalue weighted by Crippen LogP contribution is 2.34. The first-order chi connectivity index (χ1) is 16.8. The molecule has 35 heavy (non-hydrogen) atoms. The minimum atomic E-state index is -0.586. The molecule has 2 amide bonds. The van der Waals surface area contributed by atoms with Gasteiger partial charge >= 0.3 is 0 Å². The fourth-order valence-electron chi connectivity index (χ4n) is 3.05. The second-order valence-electron chi connectivity index (χ2n) is 7.31. The zero-order valence-electron chi connectivity index (χ0n) is 18.9. The molecule has 0 radical (unpaired) electrons. The number of anilines is 2. The Balaban J connectivity index is 1.79. The lowest BCUT2D eigenvalue weighted by atomic mass is 10.1. The first-order valence-corrected chi connectivity index (χ1v) is 11.9. The number of ether oxygens (including phenoxy) is 2. The predicted octanol–water partition coefficient (Wildman–Crippen LogP) is 6.09. The van der Waals surface area contributed by atoms with Gasteiger partial charge in [-0.1, -0.05) is 34.1 Å². The Morgan fingerprint density at radius 3 is 2.43 bits per heavy atom. The zero-order chi connectivity index (χ0) is 25.4. The van der Waals surface area contributed by atoms with E-state index in [0.29, 0.717) is 37.4 Å². The molecule has 0 spiro atoms. The van der Waals surface area contributed by atoms with Gasteiger partial charge in [0.25, 0.3) is 11.8 Å².